The first-order chi connectivity index (χ1) is 11.0. The molecule has 0 aliphatic rings. The summed E-state index contributed by atoms with van der Waals surface area (Å²) in [6, 6.07) is 7.75. The molecule has 0 radical (unpaired) electrons. The molecule has 1 heterocycles. The van der Waals surface area contributed by atoms with Crippen LogP contribution in [-0.2, 0) is 6.54 Å². The van der Waals surface area contributed by atoms with Crippen LogP contribution in [0.25, 0.3) is 11.3 Å². The summed E-state index contributed by atoms with van der Waals surface area (Å²) in [5.74, 6) is 0.818. The van der Waals surface area contributed by atoms with Gasteiger partial charge in [0.15, 0.2) is 0 Å². The highest BCUT2D eigenvalue weighted by Crippen LogP contribution is 2.26. The zero-order chi connectivity index (χ0) is 16.8. The Kier molecular flexibility index (Phi) is 6.38. The summed E-state index contributed by atoms with van der Waals surface area (Å²) in [6.07, 6.45) is 0.133. The highest BCUT2D eigenvalue weighted by molar-refractivity contribution is 7.09. The molecule has 23 heavy (non-hydrogen) atoms. The molecule has 2 rings (SSSR count). The number of hydrogen-bond acceptors (Lipinski definition) is 5. The molecule has 1 aromatic heterocycles. The van der Waals surface area contributed by atoms with Gasteiger partial charge in [-0.05, 0) is 50.2 Å². The molecule has 5 nitrogen and oxygen atoms in total. The van der Waals surface area contributed by atoms with Gasteiger partial charge in [0.2, 0.25) is 0 Å². The number of aliphatic hydroxyl groups excluding tert-OH is 1. The molecule has 0 saturated heterocycles. The molecular formula is C17H24N2O3S. The SMILES string of the molecule is CCN(CCO)Cc1sc(=O)[nH]c1-c1ccc(OC(C)C)cc1. The van der Waals surface area contributed by atoms with Crippen molar-refractivity contribution in [3.8, 4) is 17.0 Å². The molecular weight excluding hydrogens is 312 g/mol. The van der Waals surface area contributed by atoms with Gasteiger partial charge in [-0.25, -0.2) is 0 Å². The van der Waals surface area contributed by atoms with Gasteiger partial charge in [0.1, 0.15) is 5.75 Å². The predicted molar refractivity (Wildman–Crippen MR) is 94.2 cm³/mol. The number of likely N-dealkylation sites (N-methyl/N-ethyl adjacent to an activating group) is 1. The quantitative estimate of drug-likeness (QED) is 0.778. The van der Waals surface area contributed by atoms with Gasteiger partial charge in [-0.3, -0.25) is 9.69 Å². The number of aromatic nitrogens is 1. The van der Waals surface area contributed by atoms with Crippen molar-refractivity contribution in [2.75, 3.05) is 19.7 Å². The second-order valence-corrected chi connectivity index (χ2v) is 6.66. The van der Waals surface area contributed by atoms with Crippen molar-refractivity contribution in [1.82, 2.24) is 9.88 Å². The number of nitrogens with one attached hydrogen (secondary N) is 1. The zero-order valence-electron chi connectivity index (χ0n) is 13.8. The van der Waals surface area contributed by atoms with Crippen LogP contribution >= 0.6 is 11.3 Å². The third-order valence-electron chi connectivity index (χ3n) is 3.47. The van der Waals surface area contributed by atoms with E-state index in [0.29, 0.717) is 13.1 Å². The van der Waals surface area contributed by atoms with Crippen LogP contribution in [0.1, 0.15) is 25.6 Å². The fraction of sp³-hybridized carbons (Fsp3) is 0.471. The van der Waals surface area contributed by atoms with Crippen molar-refractivity contribution < 1.29 is 9.84 Å². The molecule has 2 N–H and O–H groups in total. The lowest BCUT2D eigenvalue weighted by Crippen LogP contribution is -2.25. The molecule has 0 fully saturated rings. The van der Waals surface area contributed by atoms with Crippen LogP contribution in [0.15, 0.2) is 29.1 Å². The molecule has 0 aliphatic heterocycles. The second kappa shape index (κ2) is 8.29. The molecule has 2 aromatic rings. The third kappa shape index (κ3) is 4.92. The van der Waals surface area contributed by atoms with E-state index in [1.165, 1.54) is 11.3 Å². The standard InChI is InChI=1S/C17H24N2O3S/c1-4-19(9-10-20)11-15-16(18-17(21)23-15)13-5-7-14(8-6-13)22-12(2)3/h5-8,12,20H,4,9-11H2,1-3H3,(H,18,21). The molecule has 0 amide bonds. The summed E-state index contributed by atoms with van der Waals surface area (Å²) >= 11 is 1.23. The van der Waals surface area contributed by atoms with E-state index >= 15 is 0 Å². The molecule has 0 bridgehead atoms. The van der Waals surface area contributed by atoms with E-state index in [1.54, 1.807) is 0 Å². The molecule has 0 atom stereocenters. The van der Waals surface area contributed by atoms with E-state index in [1.807, 2.05) is 45.0 Å². The largest absolute Gasteiger partial charge is 0.491 e. The monoisotopic (exact) mass is 336 g/mol. The Morgan fingerprint density at radius 2 is 2.00 bits per heavy atom. The number of thiazole rings is 1. The maximum Gasteiger partial charge on any atom is 0.305 e. The Hall–Kier alpha value is -1.63. The van der Waals surface area contributed by atoms with Gasteiger partial charge < -0.3 is 14.8 Å². The normalized spacial score (nSPS) is 11.4. The first kappa shape index (κ1) is 17.7. The van der Waals surface area contributed by atoms with Gasteiger partial charge >= 0.3 is 4.87 Å². The molecule has 0 saturated carbocycles. The average molecular weight is 336 g/mol. The summed E-state index contributed by atoms with van der Waals surface area (Å²) in [6.45, 7) is 8.22. The molecule has 6 heteroatoms. The van der Waals surface area contributed by atoms with Gasteiger partial charge in [0.05, 0.1) is 18.4 Å². The molecule has 0 unspecified atom stereocenters. The predicted octanol–water partition coefficient (Wildman–Crippen LogP) is 2.70. The van der Waals surface area contributed by atoms with Gasteiger partial charge in [0, 0.05) is 18.0 Å². The maximum atomic E-state index is 11.8. The fourth-order valence-electron chi connectivity index (χ4n) is 2.37. The number of ether oxygens (including phenoxy) is 1. The van der Waals surface area contributed by atoms with Crippen LogP contribution in [-0.4, -0.2) is 40.8 Å². The van der Waals surface area contributed by atoms with Crippen molar-refractivity contribution in [2.45, 2.75) is 33.4 Å². The van der Waals surface area contributed by atoms with E-state index in [0.717, 1.165) is 28.4 Å². The summed E-state index contributed by atoms with van der Waals surface area (Å²) in [5, 5.41) is 9.12. The summed E-state index contributed by atoms with van der Waals surface area (Å²) in [5.41, 5.74) is 1.82. The van der Waals surface area contributed by atoms with Crippen molar-refractivity contribution in [1.29, 1.82) is 0 Å². The Morgan fingerprint density at radius 1 is 1.30 bits per heavy atom. The lowest BCUT2D eigenvalue weighted by Gasteiger charge is -2.18. The van der Waals surface area contributed by atoms with Crippen molar-refractivity contribution in [2.24, 2.45) is 0 Å². The minimum atomic E-state index is -0.0578. The van der Waals surface area contributed by atoms with E-state index in [2.05, 4.69) is 9.88 Å². The molecule has 1 aromatic carbocycles. The third-order valence-corrected chi connectivity index (χ3v) is 4.33. The lowest BCUT2D eigenvalue weighted by atomic mass is 10.1. The van der Waals surface area contributed by atoms with Crippen LogP contribution in [0.3, 0.4) is 0 Å². The highest BCUT2D eigenvalue weighted by Gasteiger charge is 2.13. The van der Waals surface area contributed by atoms with Gasteiger partial charge in [-0.15, -0.1) is 0 Å². The first-order valence-electron chi connectivity index (χ1n) is 7.85. The van der Waals surface area contributed by atoms with Crippen molar-refractivity contribution in [3.05, 3.63) is 38.8 Å². The van der Waals surface area contributed by atoms with E-state index in [9.17, 15) is 4.79 Å². The summed E-state index contributed by atoms with van der Waals surface area (Å²) in [4.78, 5) is 17.8. The Bertz CT molecular complexity index is 661. The van der Waals surface area contributed by atoms with Crippen molar-refractivity contribution in [3.63, 3.8) is 0 Å². The van der Waals surface area contributed by atoms with E-state index < -0.39 is 0 Å². The highest BCUT2D eigenvalue weighted by atomic mass is 32.1. The van der Waals surface area contributed by atoms with Gasteiger partial charge in [0.25, 0.3) is 0 Å². The van der Waals surface area contributed by atoms with Crippen LogP contribution in [0.5, 0.6) is 5.75 Å². The van der Waals surface area contributed by atoms with Crippen LogP contribution in [0.4, 0.5) is 0 Å². The first-order valence-corrected chi connectivity index (χ1v) is 8.67. The van der Waals surface area contributed by atoms with Crippen LogP contribution < -0.4 is 9.61 Å². The van der Waals surface area contributed by atoms with Gasteiger partial charge in [-0.1, -0.05) is 18.3 Å². The number of rotatable bonds is 8. The Morgan fingerprint density at radius 3 is 2.57 bits per heavy atom. The number of aromatic amines is 1. The Labute approximate surface area is 140 Å². The Balaban J connectivity index is 2.24. The smallest absolute Gasteiger partial charge is 0.305 e. The maximum absolute atomic E-state index is 11.8. The van der Waals surface area contributed by atoms with Gasteiger partial charge in [-0.2, -0.15) is 0 Å². The zero-order valence-corrected chi connectivity index (χ0v) is 14.7. The van der Waals surface area contributed by atoms with Crippen LogP contribution in [0, 0.1) is 0 Å². The van der Waals surface area contributed by atoms with Crippen molar-refractivity contribution >= 4 is 11.3 Å². The molecule has 0 spiro atoms. The number of H-pyrrole nitrogens is 1. The number of hydrogen-bond donors (Lipinski definition) is 2. The number of nitrogens with zero attached hydrogens (tertiary/aromatic N) is 1. The second-order valence-electron chi connectivity index (χ2n) is 5.60. The number of benzene rings is 1. The fourth-order valence-corrected chi connectivity index (χ4v) is 3.27. The number of aliphatic hydroxyl groups is 1. The van der Waals surface area contributed by atoms with Crippen LogP contribution in [0.2, 0.25) is 0 Å². The van der Waals surface area contributed by atoms with E-state index in [4.69, 9.17) is 9.84 Å². The van der Waals surface area contributed by atoms with E-state index in [-0.39, 0.29) is 17.6 Å². The molecule has 0 aliphatic carbocycles. The topological polar surface area (TPSA) is 65.6 Å². The lowest BCUT2D eigenvalue weighted by molar-refractivity contribution is 0.198. The summed E-state index contributed by atoms with van der Waals surface area (Å²) in [7, 11) is 0. The molecule has 126 valence electrons. The average Bonchev–Trinajstić information content (AvgIpc) is 2.87. The minimum absolute atomic E-state index is 0.0578. The summed E-state index contributed by atoms with van der Waals surface area (Å²) < 4.78 is 5.65. The minimum Gasteiger partial charge on any atom is -0.491 e.